The zero-order chi connectivity index (χ0) is 24.8. The van der Waals surface area contributed by atoms with Crippen molar-refractivity contribution >= 4 is 17.9 Å². The standard InChI is InChI=1S/C22H29N9O4/c1-30(15-9-5-4-6-10-15)13-16-18(25-29-31(16)21-20(23)27-35-28-21)22(32)26-24-12-14-8-7-11-17(33-2)19(14)34-3/h7-8,11-12,15H,4-6,9-10,13H2,1-3H3,(H2,23,27)(H,26,32)/b24-12-. The van der Waals surface area contributed by atoms with Crippen molar-refractivity contribution in [3.05, 3.63) is 35.2 Å². The molecule has 3 N–H and O–H groups in total. The van der Waals surface area contributed by atoms with Gasteiger partial charge in [-0.25, -0.2) is 10.1 Å². The van der Waals surface area contributed by atoms with Crippen LogP contribution in [0.15, 0.2) is 27.9 Å². The van der Waals surface area contributed by atoms with Gasteiger partial charge in [0.1, 0.15) is 0 Å². The molecular weight excluding hydrogens is 454 g/mol. The Bertz CT molecular complexity index is 1180. The third kappa shape index (κ3) is 5.24. The van der Waals surface area contributed by atoms with E-state index in [1.165, 1.54) is 37.3 Å². The van der Waals surface area contributed by atoms with Gasteiger partial charge in [0.15, 0.2) is 17.2 Å². The lowest BCUT2D eigenvalue weighted by molar-refractivity contribution is 0.0947. The van der Waals surface area contributed by atoms with Gasteiger partial charge in [0.2, 0.25) is 11.6 Å². The molecule has 4 rings (SSSR count). The maximum Gasteiger partial charge on any atom is 0.293 e. The van der Waals surface area contributed by atoms with E-state index >= 15 is 0 Å². The summed E-state index contributed by atoms with van der Waals surface area (Å²) in [4.78, 5) is 15.2. The quantitative estimate of drug-likeness (QED) is 0.339. The largest absolute Gasteiger partial charge is 0.493 e. The van der Waals surface area contributed by atoms with E-state index in [-0.39, 0.29) is 17.3 Å². The van der Waals surface area contributed by atoms with Gasteiger partial charge in [-0.2, -0.15) is 9.78 Å². The minimum atomic E-state index is -0.531. The number of nitrogens with two attached hydrogens (primary N) is 1. The summed E-state index contributed by atoms with van der Waals surface area (Å²) in [6.45, 7) is 0.403. The average molecular weight is 484 g/mol. The number of hydrazone groups is 1. The second-order valence-electron chi connectivity index (χ2n) is 8.26. The number of hydrogen-bond donors (Lipinski definition) is 2. The number of anilines is 1. The van der Waals surface area contributed by atoms with Crippen molar-refractivity contribution in [1.29, 1.82) is 0 Å². The molecule has 0 saturated heterocycles. The fourth-order valence-corrected chi connectivity index (χ4v) is 4.24. The van der Waals surface area contributed by atoms with E-state index in [0.717, 1.165) is 12.8 Å². The summed E-state index contributed by atoms with van der Waals surface area (Å²) in [6, 6.07) is 5.76. The van der Waals surface area contributed by atoms with E-state index in [1.807, 2.05) is 7.05 Å². The van der Waals surface area contributed by atoms with Crippen molar-refractivity contribution in [3.63, 3.8) is 0 Å². The number of para-hydroxylation sites is 1. The van der Waals surface area contributed by atoms with E-state index in [2.05, 4.69) is 36.1 Å². The maximum atomic E-state index is 13.1. The zero-order valence-electron chi connectivity index (χ0n) is 20.0. The molecule has 2 aromatic heterocycles. The first-order valence-electron chi connectivity index (χ1n) is 11.3. The minimum Gasteiger partial charge on any atom is -0.493 e. The number of amides is 1. The molecule has 1 amide bonds. The molecule has 13 heteroatoms. The van der Waals surface area contributed by atoms with Crippen LogP contribution in [0.5, 0.6) is 11.5 Å². The Morgan fingerprint density at radius 3 is 2.77 bits per heavy atom. The fraction of sp³-hybridized carbons (Fsp3) is 0.455. The van der Waals surface area contributed by atoms with E-state index in [9.17, 15) is 4.79 Å². The van der Waals surface area contributed by atoms with Crippen LogP contribution < -0.4 is 20.6 Å². The number of rotatable bonds is 9. The number of carbonyl (C=O) groups is 1. The fourth-order valence-electron chi connectivity index (χ4n) is 4.24. The Kier molecular flexibility index (Phi) is 7.55. The highest BCUT2D eigenvalue weighted by molar-refractivity contribution is 5.94. The van der Waals surface area contributed by atoms with Crippen LogP contribution in [0.4, 0.5) is 5.82 Å². The highest BCUT2D eigenvalue weighted by Gasteiger charge is 2.27. The van der Waals surface area contributed by atoms with Crippen molar-refractivity contribution in [2.45, 2.75) is 44.7 Å². The first-order chi connectivity index (χ1) is 17.0. The molecule has 0 spiro atoms. The number of nitrogen functional groups attached to an aromatic ring is 1. The van der Waals surface area contributed by atoms with Crippen LogP contribution in [0, 0.1) is 0 Å². The highest BCUT2D eigenvalue weighted by Crippen LogP contribution is 2.29. The van der Waals surface area contributed by atoms with Gasteiger partial charge in [-0.3, -0.25) is 9.69 Å². The van der Waals surface area contributed by atoms with Gasteiger partial charge in [-0.15, -0.1) is 5.10 Å². The van der Waals surface area contributed by atoms with Gasteiger partial charge in [0, 0.05) is 18.2 Å². The summed E-state index contributed by atoms with van der Waals surface area (Å²) in [5.41, 5.74) is 9.63. The van der Waals surface area contributed by atoms with Gasteiger partial charge >= 0.3 is 0 Å². The average Bonchev–Trinajstić information content (AvgIpc) is 3.49. The predicted octanol–water partition coefficient (Wildman–Crippen LogP) is 1.78. The van der Waals surface area contributed by atoms with Crippen molar-refractivity contribution in [3.8, 4) is 17.3 Å². The van der Waals surface area contributed by atoms with Crippen LogP contribution in [0.3, 0.4) is 0 Å². The summed E-state index contributed by atoms with van der Waals surface area (Å²) in [7, 11) is 5.10. The lowest BCUT2D eigenvalue weighted by Gasteiger charge is -2.31. The molecule has 0 atom stereocenters. The third-order valence-corrected chi connectivity index (χ3v) is 6.07. The topological polar surface area (TPSA) is 159 Å². The normalized spacial score (nSPS) is 14.5. The Morgan fingerprint density at radius 2 is 2.09 bits per heavy atom. The Morgan fingerprint density at radius 1 is 1.29 bits per heavy atom. The summed E-state index contributed by atoms with van der Waals surface area (Å²) >= 11 is 0. The van der Waals surface area contributed by atoms with Crippen LogP contribution in [-0.2, 0) is 6.54 Å². The van der Waals surface area contributed by atoms with Gasteiger partial charge in [0.25, 0.3) is 5.91 Å². The van der Waals surface area contributed by atoms with Crippen LogP contribution in [-0.4, -0.2) is 69.6 Å². The number of nitrogens with one attached hydrogen (secondary N) is 1. The minimum absolute atomic E-state index is 0.0477. The third-order valence-electron chi connectivity index (χ3n) is 6.07. The van der Waals surface area contributed by atoms with Gasteiger partial charge in [-0.1, -0.05) is 30.5 Å². The molecule has 35 heavy (non-hydrogen) atoms. The Balaban J connectivity index is 1.58. The van der Waals surface area contributed by atoms with E-state index in [1.54, 1.807) is 25.3 Å². The molecule has 0 bridgehead atoms. The monoisotopic (exact) mass is 483 g/mol. The van der Waals surface area contributed by atoms with Crippen LogP contribution in [0.2, 0.25) is 0 Å². The molecule has 1 fully saturated rings. The first-order valence-corrected chi connectivity index (χ1v) is 11.3. The molecule has 1 aliphatic rings. The number of aromatic nitrogens is 5. The second-order valence-corrected chi connectivity index (χ2v) is 8.26. The lowest BCUT2D eigenvalue weighted by atomic mass is 9.94. The van der Waals surface area contributed by atoms with E-state index < -0.39 is 5.91 Å². The van der Waals surface area contributed by atoms with Crippen molar-refractivity contribution < 1.29 is 18.9 Å². The van der Waals surface area contributed by atoms with Gasteiger partial charge < -0.3 is 15.2 Å². The molecule has 3 aromatic rings. The molecular formula is C22H29N9O4. The van der Waals surface area contributed by atoms with Crippen LogP contribution in [0.25, 0.3) is 5.82 Å². The number of carbonyl (C=O) groups excluding carboxylic acids is 1. The molecule has 0 unspecified atom stereocenters. The van der Waals surface area contributed by atoms with Crippen molar-refractivity contribution in [2.75, 3.05) is 27.0 Å². The Labute approximate surface area is 202 Å². The summed E-state index contributed by atoms with van der Waals surface area (Å²) in [5.74, 6) is 0.747. The lowest BCUT2D eigenvalue weighted by Crippen LogP contribution is -2.34. The highest BCUT2D eigenvalue weighted by atomic mass is 16.6. The zero-order valence-corrected chi connectivity index (χ0v) is 20.0. The van der Waals surface area contributed by atoms with Gasteiger partial charge in [-0.05, 0) is 42.3 Å². The molecule has 0 radical (unpaired) electrons. The number of nitrogens with zero attached hydrogens (tertiary/aromatic N) is 7. The predicted molar refractivity (Wildman–Crippen MR) is 127 cm³/mol. The number of benzene rings is 1. The molecule has 1 aromatic carbocycles. The summed E-state index contributed by atoms with van der Waals surface area (Å²) < 4.78 is 16.8. The summed E-state index contributed by atoms with van der Waals surface area (Å²) in [5, 5.41) is 19.7. The number of ether oxygens (including phenoxy) is 2. The van der Waals surface area contributed by atoms with Gasteiger partial charge in [0.05, 0.1) is 26.1 Å². The second kappa shape index (κ2) is 11.0. The SMILES string of the molecule is COc1cccc(/C=N\NC(=O)c2nnn(-c3nonc3N)c2CN(C)C2CCCCC2)c1OC. The summed E-state index contributed by atoms with van der Waals surface area (Å²) in [6.07, 6.45) is 7.27. The van der Waals surface area contributed by atoms with Crippen molar-refractivity contribution in [1.82, 2.24) is 35.6 Å². The smallest absolute Gasteiger partial charge is 0.293 e. The molecule has 2 heterocycles. The first kappa shape index (κ1) is 24.1. The number of hydrogen-bond acceptors (Lipinski definition) is 11. The van der Waals surface area contributed by atoms with Crippen LogP contribution in [0.1, 0.15) is 53.8 Å². The van der Waals surface area contributed by atoms with Crippen molar-refractivity contribution in [2.24, 2.45) is 5.10 Å². The molecule has 0 aliphatic heterocycles. The van der Waals surface area contributed by atoms with E-state index in [4.69, 9.17) is 19.8 Å². The molecule has 1 saturated carbocycles. The molecule has 1 aliphatic carbocycles. The molecule has 186 valence electrons. The molecule has 13 nitrogen and oxygen atoms in total. The van der Waals surface area contributed by atoms with E-state index in [0.29, 0.717) is 35.3 Å². The number of methoxy groups -OCH3 is 2. The Hall–Kier alpha value is -4.00. The van der Waals surface area contributed by atoms with Crippen LogP contribution >= 0.6 is 0 Å². The maximum absolute atomic E-state index is 13.1.